The molecule has 0 bridgehead atoms. The molecular formula is C9H19N3O. The Balaban J connectivity index is 2.64. The Bertz CT molecular complexity index is 195. The molecule has 2 atom stereocenters. The average molecular weight is 185 g/mol. The van der Waals surface area contributed by atoms with Crippen LogP contribution < -0.4 is 5.73 Å². The zero-order valence-corrected chi connectivity index (χ0v) is 8.66. The van der Waals surface area contributed by atoms with Gasteiger partial charge in [0, 0.05) is 32.7 Å². The van der Waals surface area contributed by atoms with E-state index >= 15 is 0 Å². The molecule has 0 spiro atoms. The lowest BCUT2D eigenvalue weighted by Crippen LogP contribution is -2.58. The van der Waals surface area contributed by atoms with E-state index in [0.29, 0.717) is 12.6 Å². The third-order valence-corrected chi connectivity index (χ3v) is 2.83. The van der Waals surface area contributed by atoms with Crippen LogP contribution in [-0.2, 0) is 4.79 Å². The highest BCUT2D eigenvalue weighted by molar-refractivity contribution is 5.82. The number of carbonyl (C=O) groups excluding carboxylic acids is 1. The second-order valence-electron chi connectivity index (χ2n) is 3.76. The fourth-order valence-electron chi connectivity index (χ4n) is 1.77. The summed E-state index contributed by atoms with van der Waals surface area (Å²) in [5.74, 6) is 0.201. The fourth-order valence-corrected chi connectivity index (χ4v) is 1.77. The summed E-state index contributed by atoms with van der Waals surface area (Å²) in [5, 5.41) is 0. The smallest absolute Gasteiger partial charge is 0.239 e. The topological polar surface area (TPSA) is 49.6 Å². The van der Waals surface area contributed by atoms with Crippen LogP contribution in [0.2, 0.25) is 0 Å². The van der Waals surface area contributed by atoms with Crippen molar-refractivity contribution in [2.75, 3.05) is 26.7 Å². The molecule has 1 fully saturated rings. The third-order valence-electron chi connectivity index (χ3n) is 2.83. The zero-order chi connectivity index (χ0) is 10.0. The first kappa shape index (κ1) is 10.5. The van der Waals surface area contributed by atoms with Crippen LogP contribution in [0.1, 0.15) is 13.8 Å². The molecule has 13 heavy (non-hydrogen) atoms. The second-order valence-corrected chi connectivity index (χ2v) is 3.76. The van der Waals surface area contributed by atoms with Crippen molar-refractivity contribution in [1.82, 2.24) is 9.80 Å². The minimum Gasteiger partial charge on any atom is -0.343 e. The van der Waals surface area contributed by atoms with Crippen LogP contribution in [0.25, 0.3) is 0 Å². The Morgan fingerprint density at radius 2 is 2.23 bits per heavy atom. The molecule has 0 aliphatic carbocycles. The summed E-state index contributed by atoms with van der Waals surface area (Å²) in [4.78, 5) is 15.6. The van der Waals surface area contributed by atoms with Crippen molar-refractivity contribution in [3.05, 3.63) is 0 Å². The molecule has 0 saturated carbocycles. The lowest BCUT2D eigenvalue weighted by molar-refractivity contribution is -0.140. The summed E-state index contributed by atoms with van der Waals surface area (Å²) in [6.07, 6.45) is 0. The molecule has 0 radical (unpaired) electrons. The maximum Gasteiger partial charge on any atom is 0.239 e. The quantitative estimate of drug-likeness (QED) is 0.631. The van der Waals surface area contributed by atoms with Crippen molar-refractivity contribution in [2.45, 2.75) is 25.9 Å². The number of carbonyl (C=O) groups is 1. The number of likely N-dealkylation sites (N-methyl/N-ethyl adjacent to an activating group) is 1. The van der Waals surface area contributed by atoms with Gasteiger partial charge in [-0.2, -0.15) is 0 Å². The van der Waals surface area contributed by atoms with Crippen LogP contribution >= 0.6 is 0 Å². The van der Waals surface area contributed by atoms with E-state index in [9.17, 15) is 4.79 Å². The van der Waals surface area contributed by atoms with Gasteiger partial charge in [-0.15, -0.1) is 0 Å². The molecule has 1 aliphatic heterocycles. The maximum absolute atomic E-state index is 11.6. The van der Waals surface area contributed by atoms with Crippen LogP contribution in [0.5, 0.6) is 0 Å². The van der Waals surface area contributed by atoms with Gasteiger partial charge >= 0.3 is 0 Å². The molecule has 1 amide bonds. The van der Waals surface area contributed by atoms with Crippen molar-refractivity contribution in [3.8, 4) is 0 Å². The Morgan fingerprint density at radius 1 is 1.62 bits per heavy atom. The molecule has 1 heterocycles. The zero-order valence-electron chi connectivity index (χ0n) is 8.66. The van der Waals surface area contributed by atoms with Crippen molar-refractivity contribution in [3.63, 3.8) is 0 Å². The highest BCUT2D eigenvalue weighted by Gasteiger charge is 2.31. The Morgan fingerprint density at radius 3 is 2.77 bits per heavy atom. The van der Waals surface area contributed by atoms with E-state index in [2.05, 4.69) is 11.8 Å². The maximum atomic E-state index is 11.6. The minimum atomic E-state index is -0.0164. The monoisotopic (exact) mass is 185 g/mol. The van der Waals surface area contributed by atoms with Gasteiger partial charge in [0.1, 0.15) is 0 Å². The number of hydrogen-bond acceptors (Lipinski definition) is 3. The number of amides is 1. The number of nitrogens with two attached hydrogens (primary N) is 1. The predicted molar refractivity (Wildman–Crippen MR) is 52.3 cm³/mol. The van der Waals surface area contributed by atoms with Crippen molar-refractivity contribution in [2.24, 2.45) is 5.73 Å². The van der Waals surface area contributed by atoms with Gasteiger partial charge in [-0.1, -0.05) is 0 Å². The number of nitrogens with zero attached hydrogens (tertiary/aromatic N) is 2. The van der Waals surface area contributed by atoms with E-state index in [0.717, 1.165) is 13.1 Å². The second kappa shape index (κ2) is 4.07. The molecule has 2 unspecified atom stereocenters. The highest BCUT2D eigenvalue weighted by atomic mass is 16.2. The predicted octanol–water partition coefficient (Wildman–Crippen LogP) is -0.504. The van der Waals surface area contributed by atoms with Crippen LogP contribution in [-0.4, -0.2) is 54.5 Å². The van der Waals surface area contributed by atoms with E-state index in [4.69, 9.17) is 5.73 Å². The molecule has 2 N–H and O–H groups in total. The first-order chi connectivity index (χ1) is 6.07. The Hall–Kier alpha value is -0.610. The largest absolute Gasteiger partial charge is 0.343 e. The molecule has 1 rings (SSSR count). The van der Waals surface area contributed by atoms with Gasteiger partial charge in [-0.3, -0.25) is 9.69 Å². The standard InChI is InChI=1S/C9H19N3O/c1-7(6-10)12-5-4-11(3)9(13)8(12)2/h7-8H,4-6,10H2,1-3H3. The SMILES string of the molecule is CC(CN)N1CCN(C)C(=O)C1C. The van der Waals surface area contributed by atoms with Crippen LogP contribution in [0.4, 0.5) is 0 Å². The van der Waals surface area contributed by atoms with Gasteiger partial charge in [0.25, 0.3) is 0 Å². The lowest BCUT2D eigenvalue weighted by Gasteiger charge is -2.40. The normalized spacial score (nSPS) is 27.8. The van der Waals surface area contributed by atoms with E-state index < -0.39 is 0 Å². The lowest BCUT2D eigenvalue weighted by atomic mass is 10.1. The Labute approximate surface area is 79.7 Å². The van der Waals surface area contributed by atoms with Crippen molar-refractivity contribution < 1.29 is 4.79 Å². The van der Waals surface area contributed by atoms with Gasteiger partial charge in [0.2, 0.25) is 5.91 Å². The van der Waals surface area contributed by atoms with E-state index in [1.165, 1.54) is 0 Å². The fraction of sp³-hybridized carbons (Fsp3) is 0.889. The summed E-state index contributed by atoms with van der Waals surface area (Å²) in [5.41, 5.74) is 5.58. The first-order valence-electron chi connectivity index (χ1n) is 4.78. The molecule has 0 aromatic carbocycles. The van der Waals surface area contributed by atoms with Crippen LogP contribution in [0, 0.1) is 0 Å². The van der Waals surface area contributed by atoms with Gasteiger partial charge in [0.05, 0.1) is 6.04 Å². The molecule has 4 heteroatoms. The van der Waals surface area contributed by atoms with Gasteiger partial charge < -0.3 is 10.6 Å². The number of hydrogen-bond donors (Lipinski definition) is 1. The summed E-state index contributed by atoms with van der Waals surface area (Å²) in [6, 6.07) is 0.282. The van der Waals surface area contributed by atoms with Crippen LogP contribution in [0.15, 0.2) is 0 Å². The number of piperazine rings is 1. The minimum absolute atomic E-state index is 0.0164. The molecular weight excluding hydrogens is 166 g/mol. The van der Waals surface area contributed by atoms with E-state index in [1.54, 1.807) is 4.90 Å². The summed E-state index contributed by atoms with van der Waals surface area (Å²) < 4.78 is 0. The van der Waals surface area contributed by atoms with Gasteiger partial charge in [-0.05, 0) is 13.8 Å². The number of rotatable bonds is 2. The van der Waals surface area contributed by atoms with E-state index in [-0.39, 0.29) is 11.9 Å². The Kier molecular flexibility index (Phi) is 3.27. The molecule has 1 saturated heterocycles. The molecule has 76 valence electrons. The first-order valence-corrected chi connectivity index (χ1v) is 4.78. The molecule has 0 aromatic heterocycles. The van der Waals surface area contributed by atoms with E-state index in [1.807, 2.05) is 14.0 Å². The highest BCUT2D eigenvalue weighted by Crippen LogP contribution is 2.12. The van der Waals surface area contributed by atoms with Crippen molar-refractivity contribution in [1.29, 1.82) is 0 Å². The summed E-state index contributed by atoms with van der Waals surface area (Å²) >= 11 is 0. The summed E-state index contributed by atoms with van der Waals surface area (Å²) in [7, 11) is 1.85. The third kappa shape index (κ3) is 2.00. The van der Waals surface area contributed by atoms with Gasteiger partial charge in [-0.25, -0.2) is 0 Å². The average Bonchev–Trinajstić information content (AvgIpc) is 2.13. The molecule has 0 aromatic rings. The van der Waals surface area contributed by atoms with Gasteiger partial charge in [0.15, 0.2) is 0 Å². The molecule has 4 nitrogen and oxygen atoms in total. The summed E-state index contributed by atoms with van der Waals surface area (Å²) in [6.45, 7) is 6.37. The van der Waals surface area contributed by atoms with Crippen LogP contribution in [0.3, 0.4) is 0 Å². The van der Waals surface area contributed by atoms with Crippen molar-refractivity contribution >= 4 is 5.91 Å². The molecule has 1 aliphatic rings.